The molecule has 0 aliphatic carbocycles. The summed E-state index contributed by atoms with van der Waals surface area (Å²) in [6, 6.07) is 12.9. The lowest BCUT2D eigenvalue weighted by atomic mass is 10.1. The summed E-state index contributed by atoms with van der Waals surface area (Å²) in [6.45, 7) is 5.00. The van der Waals surface area contributed by atoms with E-state index in [-0.39, 0.29) is 11.7 Å². The summed E-state index contributed by atoms with van der Waals surface area (Å²) in [5.41, 5.74) is 3.75. The number of rotatable bonds is 2. The van der Waals surface area contributed by atoms with Crippen LogP contribution >= 0.6 is 0 Å². The van der Waals surface area contributed by atoms with Crippen LogP contribution in [-0.2, 0) is 0 Å². The predicted molar refractivity (Wildman–Crippen MR) is 97.6 cm³/mol. The Hall–Kier alpha value is -2.82. The van der Waals surface area contributed by atoms with E-state index in [1.54, 1.807) is 12.3 Å². The van der Waals surface area contributed by atoms with Gasteiger partial charge in [-0.15, -0.1) is 0 Å². The van der Waals surface area contributed by atoms with Gasteiger partial charge in [-0.05, 0) is 42.8 Å². The molecule has 0 unspecified atom stereocenters. The molecule has 4 nitrogen and oxygen atoms in total. The molecule has 0 atom stereocenters. The predicted octanol–water partition coefficient (Wildman–Crippen LogP) is 3.58. The molecule has 1 amide bonds. The van der Waals surface area contributed by atoms with E-state index in [0.29, 0.717) is 24.0 Å². The number of nitrogens with zero attached hydrogens (tertiary/aromatic N) is 2. The molecule has 25 heavy (non-hydrogen) atoms. The van der Waals surface area contributed by atoms with Gasteiger partial charge < -0.3 is 14.8 Å². The molecule has 0 spiro atoms. The Morgan fingerprint density at radius 3 is 2.64 bits per heavy atom. The molecule has 128 valence electrons. The fourth-order valence-corrected chi connectivity index (χ4v) is 3.43. The summed E-state index contributed by atoms with van der Waals surface area (Å²) in [5, 5.41) is 0.645. The van der Waals surface area contributed by atoms with Gasteiger partial charge in [0.05, 0.1) is 5.56 Å². The number of aryl methyl sites for hydroxylation is 1. The highest BCUT2D eigenvalue weighted by atomic mass is 19.1. The lowest BCUT2D eigenvalue weighted by Crippen LogP contribution is -2.48. The van der Waals surface area contributed by atoms with E-state index in [9.17, 15) is 9.18 Å². The maximum absolute atomic E-state index is 13.5. The normalized spacial score (nSPS) is 15.0. The number of benzene rings is 2. The van der Waals surface area contributed by atoms with E-state index < -0.39 is 0 Å². The van der Waals surface area contributed by atoms with Crippen molar-refractivity contribution < 1.29 is 9.18 Å². The van der Waals surface area contributed by atoms with Gasteiger partial charge in [0, 0.05) is 49.0 Å². The Bertz CT molecular complexity index is 926. The van der Waals surface area contributed by atoms with Crippen molar-refractivity contribution in [2.24, 2.45) is 0 Å². The summed E-state index contributed by atoms with van der Waals surface area (Å²) in [6.07, 6.45) is 1.68. The highest BCUT2D eigenvalue weighted by molar-refractivity contribution is 6.06. The van der Waals surface area contributed by atoms with Crippen LogP contribution in [0.15, 0.2) is 48.7 Å². The molecule has 4 rings (SSSR count). The number of fused-ring (bicyclic) bond motifs is 1. The zero-order valence-electron chi connectivity index (χ0n) is 14.1. The Balaban J connectivity index is 1.50. The second-order valence-corrected chi connectivity index (χ2v) is 6.51. The van der Waals surface area contributed by atoms with Crippen molar-refractivity contribution in [1.82, 2.24) is 9.88 Å². The van der Waals surface area contributed by atoms with Crippen LogP contribution in [0, 0.1) is 12.7 Å². The molecule has 2 aromatic carbocycles. The minimum atomic E-state index is -0.328. The minimum Gasteiger partial charge on any atom is -0.368 e. The zero-order chi connectivity index (χ0) is 17.4. The molecule has 1 aliphatic heterocycles. The van der Waals surface area contributed by atoms with Crippen LogP contribution in [0.3, 0.4) is 0 Å². The number of carbonyl (C=O) groups is 1. The van der Waals surface area contributed by atoms with Crippen molar-refractivity contribution in [3.8, 4) is 0 Å². The van der Waals surface area contributed by atoms with E-state index in [1.165, 1.54) is 23.4 Å². The van der Waals surface area contributed by atoms with Crippen LogP contribution in [0.4, 0.5) is 10.1 Å². The lowest BCUT2D eigenvalue weighted by molar-refractivity contribution is 0.0749. The summed E-state index contributed by atoms with van der Waals surface area (Å²) in [5.74, 6) is -0.369. The van der Waals surface area contributed by atoms with E-state index in [4.69, 9.17) is 0 Å². The van der Waals surface area contributed by atoms with Gasteiger partial charge in [-0.25, -0.2) is 4.39 Å². The first-order valence-corrected chi connectivity index (χ1v) is 8.49. The fraction of sp³-hybridized carbons (Fsp3) is 0.250. The molecule has 1 aromatic heterocycles. The van der Waals surface area contributed by atoms with Gasteiger partial charge >= 0.3 is 0 Å². The van der Waals surface area contributed by atoms with Gasteiger partial charge in [0.1, 0.15) is 5.82 Å². The van der Waals surface area contributed by atoms with Crippen molar-refractivity contribution in [3.63, 3.8) is 0 Å². The largest absolute Gasteiger partial charge is 0.368 e. The van der Waals surface area contributed by atoms with Crippen LogP contribution in [0.5, 0.6) is 0 Å². The van der Waals surface area contributed by atoms with Crippen molar-refractivity contribution in [3.05, 3.63) is 65.6 Å². The molecular weight excluding hydrogens is 317 g/mol. The average Bonchev–Trinajstić information content (AvgIpc) is 3.04. The minimum absolute atomic E-state index is 0.0410. The van der Waals surface area contributed by atoms with Gasteiger partial charge in [0.25, 0.3) is 5.91 Å². The second kappa shape index (κ2) is 6.24. The molecule has 1 N–H and O–H groups in total. The number of piperazine rings is 1. The molecule has 1 saturated heterocycles. The monoisotopic (exact) mass is 337 g/mol. The maximum Gasteiger partial charge on any atom is 0.256 e. The lowest BCUT2D eigenvalue weighted by Gasteiger charge is -2.36. The summed E-state index contributed by atoms with van der Waals surface area (Å²) in [4.78, 5) is 20.0. The van der Waals surface area contributed by atoms with Crippen LogP contribution in [0.1, 0.15) is 15.9 Å². The van der Waals surface area contributed by atoms with E-state index in [2.05, 4.69) is 41.1 Å². The van der Waals surface area contributed by atoms with Gasteiger partial charge in [-0.2, -0.15) is 0 Å². The van der Waals surface area contributed by atoms with Crippen LogP contribution in [-0.4, -0.2) is 42.0 Å². The highest BCUT2D eigenvalue weighted by Crippen LogP contribution is 2.23. The topological polar surface area (TPSA) is 39.3 Å². The number of anilines is 1. The van der Waals surface area contributed by atoms with E-state index >= 15 is 0 Å². The fourth-order valence-electron chi connectivity index (χ4n) is 3.43. The number of carbonyl (C=O) groups excluding carboxylic acids is 1. The number of nitrogens with one attached hydrogen (secondary N) is 1. The van der Waals surface area contributed by atoms with E-state index in [1.807, 2.05) is 4.90 Å². The average molecular weight is 337 g/mol. The SMILES string of the molecule is Cc1cccc(N2CCN(C(=O)c3c[nH]c4ccc(F)cc34)CC2)c1. The van der Waals surface area contributed by atoms with Crippen LogP contribution in [0.25, 0.3) is 10.9 Å². The molecular formula is C20H20FN3O. The second-order valence-electron chi connectivity index (χ2n) is 6.51. The Kier molecular flexibility index (Phi) is 3.92. The standard InChI is InChI=1S/C20H20FN3O/c1-14-3-2-4-16(11-14)23-7-9-24(10-8-23)20(25)18-13-22-19-6-5-15(21)12-17(18)19/h2-6,11-13,22H,7-10H2,1H3. The number of halogens is 1. The first kappa shape index (κ1) is 15.7. The third kappa shape index (κ3) is 2.97. The molecule has 0 bridgehead atoms. The summed E-state index contributed by atoms with van der Waals surface area (Å²) < 4.78 is 13.5. The van der Waals surface area contributed by atoms with Gasteiger partial charge in [-0.1, -0.05) is 12.1 Å². The number of H-pyrrole nitrogens is 1. The number of amides is 1. The number of aromatic amines is 1. The molecule has 0 radical (unpaired) electrons. The van der Waals surface area contributed by atoms with E-state index in [0.717, 1.165) is 18.6 Å². The quantitative estimate of drug-likeness (QED) is 0.776. The smallest absolute Gasteiger partial charge is 0.256 e. The van der Waals surface area contributed by atoms with Gasteiger partial charge in [0.2, 0.25) is 0 Å². The van der Waals surface area contributed by atoms with Crippen molar-refractivity contribution in [2.45, 2.75) is 6.92 Å². The van der Waals surface area contributed by atoms with Crippen molar-refractivity contribution in [1.29, 1.82) is 0 Å². The van der Waals surface area contributed by atoms with Crippen LogP contribution < -0.4 is 4.90 Å². The Morgan fingerprint density at radius 2 is 1.88 bits per heavy atom. The summed E-state index contributed by atoms with van der Waals surface area (Å²) in [7, 11) is 0. The first-order chi connectivity index (χ1) is 12.1. The Morgan fingerprint density at radius 1 is 1.08 bits per heavy atom. The van der Waals surface area contributed by atoms with Crippen LogP contribution in [0.2, 0.25) is 0 Å². The molecule has 5 heteroatoms. The molecule has 1 aliphatic rings. The zero-order valence-corrected chi connectivity index (χ0v) is 14.1. The molecule has 3 aromatic rings. The number of hydrogen-bond acceptors (Lipinski definition) is 2. The Labute approximate surface area is 145 Å². The maximum atomic E-state index is 13.5. The van der Waals surface area contributed by atoms with Crippen molar-refractivity contribution in [2.75, 3.05) is 31.1 Å². The van der Waals surface area contributed by atoms with Crippen molar-refractivity contribution >= 4 is 22.5 Å². The first-order valence-electron chi connectivity index (χ1n) is 8.49. The number of hydrogen-bond donors (Lipinski definition) is 1. The highest BCUT2D eigenvalue weighted by Gasteiger charge is 2.24. The molecule has 0 saturated carbocycles. The summed E-state index contributed by atoms with van der Waals surface area (Å²) >= 11 is 0. The van der Waals surface area contributed by atoms with Gasteiger partial charge in [-0.3, -0.25) is 4.79 Å². The molecule has 1 fully saturated rings. The number of aromatic nitrogens is 1. The third-order valence-electron chi connectivity index (χ3n) is 4.81. The van der Waals surface area contributed by atoms with Gasteiger partial charge in [0.15, 0.2) is 0 Å². The third-order valence-corrected chi connectivity index (χ3v) is 4.81. The molecule has 2 heterocycles.